The molecule has 6 nitrogen and oxygen atoms in total. The Morgan fingerprint density at radius 1 is 1.42 bits per heavy atom. The van der Waals surface area contributed by atoms with E-state index in [-0.39, 0.29) is 5.91 Å². The van der Waals surface area contributed by atoms with Crippen molar-refractivity contribution in [2.45, 2.75) is 6.42 Å². The van der Waals surface area contributed by atoms with Crippen molar-refractivity contribution in [3.8, 4) is 5.75 Å². The Morgan fingerprint density at radius 3 is 2.89 bits per heavy atom. The molecule has 1 aromatic carbocycles. The molecule has 0 saturated heterocycles. The first-order chi connectivity index (χ1) is 9.20. The molecule has 1 amide bonds. The number of carbonyl (C=O) groups is 1. The Hall–Kier alpha value is -2.37. The summed E-state index contributed by atoms with van der Waals surface area (Å²) in [5.41, 5.74) is 1.38. The molecule has 0 aliphatic heterocycles. The highest BCUT2D eigenvalue weighted by Crippen LogP contribution is 2.17. The first-order valence-corrected chi connectivity index (χ1v) is 5.97. The highest BCUT2D eigenvalue weighted by atomic mass is 16.5. The van der Waals surface area contributed by atoms with Gasteiger partial charge in [0.05, 0.1) is 13.3 Å². The molecule has 1 heterocycles. The summed E-state index contributed by atoms with van der Waals surface area (Å²) < 4.78 is 5.25. The summed E-state index contributed by atoms with van der Waals surface area (Å²) in [6.45, 7) is 0.524. The van der Waals surface area contributed by atoms with Crippen LogP contribution in [0.4, 0.5) is 0 Å². The fourth-order valence-corrected chi connectivity index (χ4v) is 1.76. The number of amides is 1. The van der Waals surface area contributed by atoms with Gasteiger partial charge in [0, 0.05) is 13.6 Å². The van der Waals surface area contributed by atoms with Crippen LogP contribution in [-0.2, 0) is 13.5 Å². The maximum atomic E-state index is 11.7. The summed E-state index contributed by atoms with van der Waals surface area (Å²) >= 11 is 0. The quantitative estimate of drug-likeness (QED) is 0.863. The van der Waals surface area contributed by atoms with Crippen molar-refractivity contribution in [2.24, 2.45) is 7.05 Å². The van der Waals surface area contributed by atoms with Crippen LogP contribution in [0, 0.1) is 0 Å². The highest BCUT2D eigenvalue weighted by molar-refractivity contribution is 5.91. The van der Waals surface area contributed by atoms with Crippen molar-refractivity contribution in [3.05, 3.63) is 41.7 Å². The van der Waals surface area contributed by atoms with Gasteiger partial charge in [-0.1, -0.05) is 18.2 Å². The van der Waals surface area contributed by atoms with E-state index in [9.17, 15) is 4.79 Å². The molecule has 2 aromatic rings. The molecule has 0 unspecified atom stereocenters. The van der Waals surface area contributed by atoms with Crippen molar-refractivity contribution in [1.29, 1.82) is 0 Å². The van der Waals surface area contributed by atoms with Gasteiger partial charge in [-0.15, -0.1) is 5.10 Å². The van der Waals surface area contributed by atoms with Crippen molar-refractivity contribution < 1.29 is 9.53 Å². The number of para-hydroxylation sites is 1. The number of rotatable bonds is 5. The van der Waals surface area contributed by atoms with Gasteiger partial charge < -0.3 is 10.1 Å². The Morgan fingerprint density at radius 2 is 2.21 bits per heavy atom. The average molecular weight is 260 g/mol. The van der Waals surface area contributed by atoms with Gasteiger partial charge in [-0.25, -0.2) is 0 Å². The number of ether oxygens (including phenoxy) is 1. The van der Waals surface area contributed by atoms with Gasteiger partial charge in [-0.2, -0.15) is 9.90 Å². The van der Waals surface area contributed by atoms with Gasteiger partial charge >= 0.3 is 0 Å². The van der Waals surface area contributed by atoms with Crippen molar-refractivity contribution in [3.63, 3.8) is 0 Å². The van der Waals surface area contributed by atoms with E-state index in [1.807, 2.05) is 24.3 Å². The van der Waals surface area contributed by atoms with Gasteiger partial charge in [-0.3, -0.25) is 4.79 Å². The predicted molar refractivity (Wildman–Crippen MR) is 70.0 cm³/mol. The van der Waals surface area contributed by atoms with Gasteiger partial charge in [-0.05, 0) is 18.1 Å². The molecule has 0 aliphatic rings. The Kier molecular flexibility index (Phi) is 4.12. The lowest BCUT2D eigenvalue weighted by Crippen LogP contribution is -2.26. The number of benzene rings is 1. The monoisotopic (exact) mass is 260 g/mol. The van der Waals surface area contributed by atoms with Gasteiger partial charge in [0.25, 0.3) is 5.91 Å². The first kappa shape index (κ1) is 13.1. The number of methoxy groups -OCH3 is 1. The molecular formula is C13H16N4O2. The molecule has 6 heteroatoms. The average Bonchev–Trinajstić information content (AvgIpc) is 2.86. The van der Waals surface area contributed by atoms with Gasteiger partial charge in [0.1, 0.15) is 5.75 Å². The maximum Gasteiger partial charge on any atom is 0.273 e. The maximum absolute atomic E-state index is 11.7. The molecule has 19 heavy (non-hydrogen) atoms. The molecule has 100 valence electrons. The number of nitrogens with one attached hydrogen (secondary N) is 1. The normalized spacial score (nSPS) is 10.2. The number of aromatic nitrogens is 3. The van der Waals surface area contributed by atoms with Crippen LogP contribution >= 0.6 is 0 Å². The number of aryl methyl sites for hydroxylation is 1. The Balaban J connectivity index is 1.88. The molecule has 0 fully saturated rings. The van der Waals surface area contributed by atoms with E-state index >= 15 is 0 Å². The minimum absolute atomic E-state index is 0.219. The zero-order valence-electron chi connectivity index (χ0n) is 11.0. The Bertz CT molecular complexity index is 565. The van der Waals surface area contributed by atoms with Gasteiger partial charge in [0.2, 0.25) is 0 Å². The number of carbonyl (C=O) groups excluding carboxylic acids is 1. The van der Waals surface area contributed by atoms with Crippen LogP contribution in [0.25, 0.3) is 0 Å². The van der Waals surface area contributed by atoms with E-state index in [4.69, 9.17) is 4.74 Å². The molecule has 1 aromatic heterocycles. The van der Waals surface area contributed by atoms with Crippen LogP contribution in [0.2, 0.25) is 0 Å². The number of hydrogen-bond donors (Lipinski definition) is 1. The van der Waals surface area contributed by atoms with Gasteiger partial charge in [0.15, 0.2) is 5.69 Å². The summed E-state index contributed by atoms with van der Waals surface area (Å²) in [5, 5.41) is 10.6. The smallest absolute Gasteiger partial charge is 0.273 e. The lowest BCUT2D eigenvalue weighted by Gasteiger charge is -2.08. The second-order valence-corrected chi connectivity index (χ2v) is 4.04. The summed E-state index contributed by atoms with van der Waals surface area (Å²) in [5.74, 6) is 0.610. The molecular weight excluding hydrogens is 244 g/mol. The SMILES string of the molecule is COc1ccccc1CCNC(=O)c1cnn(C)n1. The van der Waals surface area contributed by atoms with E-state index in [0.29, 0.717) is 18.7 Å². The standard InChI is InChI=1S/C13H16N4O2/c1-17-15-9-11(16-17)13(18)14-8-7-10-5-3-4-6-12(10)19-2/h3-6,9H,7-8H2,1-2H3,(H,14,18). The lowest BCUT2D eigenvalue weighted by atomic mass is 10.1. The summed E-state index contributed by atoms with van der Waals surface area (Å²) in [6, 6.07) is 7.75. The third-order valence-corrected chi connectivity index (χ3v) is 2.70. The van der Waals surface area contributed by atoms with E-state index in [0.717, 1.165) is 11.3 Å². The fourth-order valence-electron chi connectivity index (χ4n) is 1.76. The van der Waals surface area contributed by atoms with Crippen LogP contribution in [0.3, 0.4) is 0 Å². The molecule has 0 saturated carbocycles. The van der Waals surface area contributed by atoms with E-state index in [1.54, 1.807) is 14.2 Å². The molecule has 0 radical (unpaired) electrons. The molecule has 2 rings (SSSR count). The fraction of sp³-hybridized carbons (Fsp3) is 0.308. The minimum Gasteiger partial charge on any atom is -0.496 e. The Labute approximate surface area is 111 Å². The lowest BCUT2D eigenvalue weighted by molar-refractivity contribution is 0.0948. The summed E-state index contributed by atoms with van der Waals surface area (Å²) in [4.78, 5) is 13.1. The summed E-state index contributed by atoms with van der Waals surface area (Å²) in [6.07, 6.45) is 2.15. The molecule has 0 atom stereocenters. The molecule has 0 aliphatic carbocycles. The highest BCUT2D eigenvalue weighted by Gasteiger charge is 2.09. The number of hydrogen-bond acceptors (Lipinski definition) is 4. The predicted octanol–water partition coefficient (Wildman–Crippen LogP) is 0.796. The zero-order chi connectivity index (χ0) is 13.7. The van der Waals surface area contributed by atoms with E-state index in [1.165, 1.54) is 11.0 Å². The molecule has 0 bridgehead atoms. The molecule has 0 spiro atoms. The van der Waals surface area contributed by atoms with Crippen LogP contribution in [0.1, 0.15) is 16.1 Å². The first-order valence-electron chi connectivity index (χ1n) is 5.97. The zero-order valence-corrected chi connectivity index (χ0v) is 11.0. The second-order valence-electron chi connectivity index (χ2n) is 4.04. The van der Waals surface area contributed by atoms with Crippen molar-refractivity contribution in [1.82, 2.24) is 20.3 Å². The number of nitrogens with zero attached hydrogens (tertiary/aromatic N) is 3. The van der Waals surface area contributed by atoms with Crippen molar-refractivity contribution in [2.75, 3.05) is 13.7 Å². The largest absolute Gasteiger partial charge is 0.496 e. The third kappa shape index (κ3) is 3.31. The van der Waals surface area contributed by atoms with Crippen molar-refractivity contribution >= 4 is 5.91 Å². The van der Waals surface area contributed by atoms with Crippen LogP contribution < -0.4 is 10.1 Å². The van der Waals surface area contributed by atoms with E-state index < -0.39 is 0 Å². The summed E-state index contributed by atoms with van der Waals surface area (Å²) in [7, 11) is 3.31. The van der Waals surface area contributed by atoms with Crippen LogP contribution in [-0.4, -0.2) is 34.6 Å². The topological polar surface area (TPSA) is 69.0 Å². The van der Waals surface area contributed by atoms with E-state index in [2.05, 4.69) is 15.5 Å². The van der Waals surface area contributed by atoms with Crippen LogP contribution in [0.15, 0.2) is 30.5 Å². The third-order valence-electron chi connectivity index (χ3n) is 2.70. The minimum atomic E-state index is -0.219. The molecule has 1 N–H and O–H groups in total. The second kappa shape index (κ2) is 5.99. The van der Waals surface area contributed by atoms with Crippen LogP contribution in [0.5, 0.6) is 5.75 Å².